The van der Waals surface area contributed by atoms with Gasteiger partial charge in [0.05, 0.1) is 12.5 Å². The Morgan fingerprint density at radius 3 is 2.32 bits per heavy atom. The first kappa shape index (κ1) is 21.0. The Morgan fingerprint density at radius 2 is 1.82 bits per heavy atom. The smallest absolute Gasteiger partial charge is 0.306 e. The van der Waals surface area contributed by atoms with Gasteiger partial charge in [-0.05, 0) is 40.0 Å². The number of esters is 1. The van der Waals surface area contributed by atoms with Gasteiger partial charge < -0.3 is 9.64 Å². The summed E-state index contributed by atoms with van der Waals surface area (Å²) in [6.07, 6.45) is 3.22. The quantitative estimate of drug-likeness (QED) is 0.462. The number of ether oxygens (including phenoxy) is 1. The van der Waals surface area contributed by atoms with Crippen LogP contribution in [-0.2, 0) is 9.53 Å². The summed E-state index contributed by atoms with van der Waals surface area (Å²) in [5, 5.41) is 0.0375. The highest BCUT2D eigenvalue weighted by Gasteiger charge is 2.15. The third kappa shape index (κ3) is 11.7. The van der Waals surface area contributed by atoms with Crippen molar-refractivity contribution in [2.75, 3.05) is 18.8 Å². The SMILES string of the molecule is CC(C)=CCN(CCC(C)C)C(=O)SCCC(=O)OC(C)C. The van der Waals surface area contributed by atoms with Gasteiger partial charge in [0.1, 0.15) is 0 Å². The molecule has 0 saturated carbocycles. The van der Waals surface area contributed by atoms with Gasteiger partial charge in [-0.1, -0.05) is 37.3 Å². The Labute approximate surface area is 139 Å². The summed E-state index contributed by atoms with van der Waals surface area (Å²) in [5.41, 5.74) is 1.20. The highest BCUT2D eigenvalue weighted by atomic mass is 32.2. The van der Waals surface area contributed by atoms with Gasteiger partial charge in [-0.25, -0.2) is 0 Å². The van der Waals surface area contributed by atoms with Crippen LogP contribution in [0.2, 0.25) is 0 Å². The Hall–Kier alpha value is -0.970. The predicted molar refractivity (Wildman–Crippen MR) is 94.2 cm³/mol. The zero-order chi connectivity index (χ0) is 17.1. The number of nitrogens with zero attached hydrogens (tertiary/aromatic N) is 1. The van der Waals surface area contributed by atoms with Crippen LogP contribution in [0.15, 0.2) is 11.6 Å². The van der Waals surface area contributed by atoms with Crippen molar-refractivity contribution < 1.29 is 14.3 Å². The summed E-state index contributed by atoms with van der Waals surface area (Å²) < 4.78 is 5.06. The fourth-order valence-corrected chi connectivity index (χ4v) is 2.39. The zero-order valence-corrected chi connectivity index (χ0v) is 15.7. The van der Waals surface area contributed by atoms with Crippen LogP contribution in [0.4, 0.5) is 4.79 Å². The molecule has 0 N–H and O–H groups in total. The third-order valence-corrected chi connectivity index (χ3v) is 3.77. The molecule has 0 unspecified atom stereocenters. The van der Waals surface area contributed by atoms with Crippen molar-refractivity contribution in [2.24, 2.45) is 5.92 Å². The van der Waals surface area contributed by atoms with Crippen LogP contribution in [-0.4, -0.2) is 41.1 Å². The lowest BCUT2D eigenvalue weighted by Gasteiger charge is -2.22. The molecule has 0 aliphatic rings. The Bertz CT molecular complexity index is 374. The van der Waals surface area contributed by atoms with Gasteiger partial charge in [-0.3, -0.25) is 9.59 Å². The van der Waals surface area contributed by atoms with Crippen LogP contribution >= 0.6 is 11.8 Å². The second kappa shape index (κ2) is 11.6. The summed E-state index contributed by atoms with van der Waals surface area (Å²) in [6, 6.07) is 0. The van der Waals surface area contributed by atoms with Crippen molar-refractivity contribution >= 4 is 23.0 Å². The van der Waals surface area contributed by atoms with E-state index in [1.54, 1.807) is 0 Å². The number of carbonyl (C=O) groups excluding carboxylic acids is 2. The molecule has 0 fully saturated rings. The van der Waals surface area contributed by atoms with Gasteiger partial charge in [-0.15, -0.1) is 0 Å². The number of allylic oxidation sites excluding steroid dienone is 1. The first-order valence-electron chi connectivity index (χ1n) is 7.97. The summed E-state index contributed by atoms with van der Waals surface area (Å²) in [7, 11) is 0. The van der Waals surface area contributed by atoms with E-state index in [4.69, 9.17) is 4.74 Å². The van der Waals surface area contributed by atoms with Gasteiger partial charge in [0, 0.05) is 18.8 Å². The molecule has 22 heavy (non-hydrogen) atoms. The molecule has 0 rings (SSSR count). The highest BCUT2D eigenvalue weighted by Crippen LogP contribution is 2.14. The number of carbonyl (C=O) groups is 2. The van der Waals surface area contributed by atoms with E-state index in [-0.39, 0.29) is 23.7 Å². The lowest BCUT2D eigenvalue weighted by Crippen LogP contribution is -2.30. The maximum atomic E-state index is 12.3. The average Bonchev–Trinajstić information content (AvgIpc) is 2.36. The predicted octanol–water partition coefficient (Wildman–Crippen LogP) is 4.50. The minimum Gasteiger partial charge on any atom is -0.463 e. The molecule has 0 aliphatic carbocycles. The molecule has 0 bridgehead atoms. The Kier molecular flexibility index (Phi) is 11.1. The van der Waals surface area contributed by atoms with Crippen LogP contribution in [0, 0.1) is 5.92 Å². The third-order valence-electron chi connectivity index (χ3n) is 2.85. The van der Waals surface area contributed by atoms with Crippen molar-refractivity contribution in [3.05, 3.63) is 11.6 Å². The van der Waals surface area contributed by atoms with E-state index in [0.717, 1.165) is 13.0 Å². The van der Waals surface area contributed by atoms with Crippen molar-refractivity contribution in [3.63, 3.8) is 0 Å². The van der Waals surface area contributed by atoms with E-state index < -0.39 is 0 Å². The molecule has 0 aromatic rings. The molecule has 1 amide bonds. The Morgan fingerprint density at radius 1 is 1.18 bits per heavy atom. The lowest BCUT2D eigenvalue weighted by molar-refractivity contribution is -0.146. The first-order chi connectivity index (χ1) is 10.2. The summed E-state index contributed by atoms with van der Waals surface area (Å²) in [4.78, 5) is 25.6. The monoisotopic (exact) mass is 329 g/mol. The minimum absolute atomic E-state index is 0.0375. The van der Waals surface area contributed by atoms with Gasteiger partial charge in [0.25, 0.3) is 5.24 Å². The van der Waals surface area contributed by atoms with Crippen molar-refractivity contribution in [1.82, 2.24) is 4.90 Å². The number of thioether (sulfide) groups is 1. The maximum Gasteiger partial charge on any atom is 0.306 e. The summed E-state index contributed by atoms with van der Waals surface area (Å²) in [6.45, 7) is 13.4. The van der Waals surface area contributed by atoms with Crippen LogP contribution in [0.5, 0.6) is 0 Å². The molecule has 0 aromatic carbocycles. The van der Waals surface area contributed by atoms with E-state index in [2.05, 4.69) is 19.9 Å². The lowest BCUT2D eigenvalue weighted by atomic mass is 10.1. The molecule has 5 heteroatoms. The van der Waals surface area contributed by atoms with Crippen LogP contribution in [0.1, 0.15) is 54.4 Å². The first-order valence-corrected chi connectivity index (χ1v) is 8.95. The highest BCUT2D eigenvalue weighted by molar-refractivity contribution is 8.13. The normalized spacial score (nSPS) is 10.7. The summed E-state index contributed by atoms with van der Waals surface area (Å²) in [5.74, 6) is 0.790. The molecule has 0 radical (unpaired) electrons. The number of amides is 1. The molecular weight excluding hydrogens is 298 g/mol. The average molecular weight is 330 g/mol. The van der Waals surface area contributed by atoms with Gasteiger partial charge in [0.15, 0.2) is 0 Å². The molecule has 0 aromatic heterocycles. The molecule has 0 atom stereocenters. The molecule has 0 saturated heterocycles. The van der Waals surface area contributed by atoms with Crippen LogP contribution in [0.3, 0.4) is 0 Å². The zero-order valence-electron chi connectivity index (χ0n) is 14.8. The standard InChI is InChI=1S/C17H31NO3S/c1-13(2)7-10-18(11-8-14(3)4)17(20)22-12-9-16(19)21-15(5)6/h7,14-15H,8-12H2,1-6H3. The van der Waals surface area contributed by atoms with Crippen molar-refractivity contribution in [2.45, 2.75) is 60.5 Å². The molecule has 4 nitrogen and oxygen atoms in total. The van der Waals surface area contributed by atoms with Gasteiger partial charge >= 0.3 is 5.97 Å². The molecular formula is C17H31NO3S. The Balaban J connectivity index is 4.31. The van der Waals surface area contributed by atoms with E-state index >= 15 is 0 Å². The van der Waals surface area contributed by atoms with Gasteiger partial charge in [-0.2, -0.15) is 0 Å². The topological polar surface area (TPSA) is 46.6 Å². The van der Waals surface area contributed by atoms with Crippen molar-refractivity contribution in [3.8, 4) is 0 Å². The molecule has 0 aliphatic heterocycles. The van der Waals surface area contributed by atoms with Crippen LogP contribution < -0.4 is 0 Å². The second-order valence-electron chi connectivity index (χ2n) is 6.31. The summed E-state index contributed by atoms with van der Waals surface area (Å²) >= 11 is 1.20. The largest absolute Gasteiger partial charge is 0.463 e. The van der Waals surface area contributed by atoms with Gasteiger partial charge in [0.2, 0.25) is 0 Å². The fraction of sp³-hybridized carbons (Fsp3) is 0.765. The number of hydrogen-bond donors (Lipinski definition) is 0. The molecule has 0 spiro atoms. The number of rotatable bonds is 9. The van der Waals surface area contributed by atoms with Crippen molar-refractivity contribution in [1.29, 1.82) is 0 Å². The van der Waals surface area contributed by atoms with Crippen LogP contribution in [0.25, 0.3) is 0 Å². The second-order valence-corrected chi connectivity index (χ2v) is 7.36. The minimum atomic E-state index is -0.242. The molecule has 128 valence electrons. The fourth-order valence-electron chi connectivity index (χ4n) is 1.60. The van der Waals surface area contributed by atoms with E-state index in [1.807, 2.05) is 32.6 Å². The van der Waals surface area contributed by atoms with E-state index in [9.17, 15) is 9.59 Å². The maximum absolute atomic E-state index is 12.3. The van der Waals surface area contributed by atoms with E-state index in [1.165, 1.54) is 17.3 Å². The van der Waals surface area contributed by atoms with E-state index in [0.29, 0.717) is 18.2 Å². The molecule has 0 heterocycles. The number of hydrogen-bond acceptors (Lipinski definition) is 4.